The zero-order chi connectivity index (χ0) is 21.8. The molecule has 30 heavy (non-hydrogen) atoms. The summed E-state index contributed by atoms with van der Waals surface area (Å²) in [4.78, 5) is 27.3. The Morgan fingerprint density at radius 1 is 1.10 bits per heavy atom. The van der Waals surface area contributed by atoms with Gasteiger partial charge in [-0.3, -0.25) is 9.59 Å². The lowest BCUT2D eigenvalue weighted by molar-refractivity contribution is -0.139. The highest BCUT2D eigenvalue weighted by Crippen LogP contribution is 2.43. The Kier molecular flexibility index (Phi) is 6.67. The van der Waals surface area contributed by atoms with E-state index in [4.69, 9.17) is 21.1 Å². The van der Waals surface area contributed by atoms with Crippen LogP contribution in [0.25, 0.3) is 5.76 Å². The Balaban J connectivity index is 2.24. The van der Waals surface area contributed by atoms with E-state index in [2.05, 4.69) is 0 Å². The van der Waals surface area contributed by atoms with Crippen LogP contribution >= 0.6 is 11.6 Å². The molecule has 2 aromatic carbocycles. The predicted molar refractivity (Wildman–Crippen MR) is 115 cm³/mol. The van der Waals surface area contributed by atoms with Crippen molar-refractivity contribution >= 4 is 29.1 Å². The van der Waals surface area contributed by atoms with Gasteiger partial charge in [-0.1, -0.05) is 55.3 Å². The molecule has 0 spiro atoms. The Morgan fingerprint density at radius 3 is 2.37 bits per heavy atom. The molecule has 7 heteroatoms. The second-order valence-electron chi connectivity index (χ2n) is 6.94. The van der Waals surface area contributed by atoms with Gasteiger partial charge in [-0.25, -0.2) is 0 Å². The molecule has 1 aliphatic heterocycles. The summed E-state index contributed by atoms with van der Waals surface area (Å²) in [6.45, 7) is 2.43. The lowest BCUT2D eigenvalue weighted by Gasteiger charge is -2.25. The van der Waals surface area contributed by atoms with Crippen LogP contribution in [0.15, 0.2) is 48.0 Å². The Morgan fingerprint density at radius 2 is 1.77 bits per heavy atom. The van der Waals surface area contributed by atoms with E-state index in [1.54, 1.807) is 0 Å². The smallest absolute Gasteiger partial charge is 0.295 e. The number of hydrogen-bond donors (Lipinski definition) is 1. The number of hydrogen-bond acceptors (Lipinski definition) is 5. The zero-order valence-electron chi connectivity index (χ0n) is 17.1. The highest BCUT2D eigenvalue weighted by Gasteiger charge is 2.46. The van der Waals surface area contributed by atoms with Crippen LogP contribution in [0.2, 0.25) is 5.02 Å². The number of carbonyl (C=O) groups is 2. The minimum atomic E-state index is -0.728. The molecule has 0 aromatic heterocycles. The molecule has 1 N–H and O–H groups in total. The van der Waals surface area contributed by atoms with E-state index < -0.39 is 17.7 Å². The number of halogens is 1. The number of ketones is 1. The number of aliphatic hydroxyl groups excluding tert-OH is 1. The first-order chi connectivity index (χ1) is 14.4. The van der Waals surface area contributed by atoms with Crippen LogP contribution in [0.5, 0.6) is 11.5 Å². The lowest BCUT2D eigenvalue weighted by Crippen LogP contribution is -2.30. The maximum atomic E-state index is 13.0. The highest BCUT2D eigenvalue weighted by molar-refractivity contribution is 6.46. The average Bonchev–Trinajstić information content (AvgIpc) is 3.02. The van der Waals surface area contributed by atoms with E-state index in [0.29, 0.717) is 17.3 Å². The van der Waals surface area contributed by atoms with Crippen LogP contribution in [0, 0.1) is 0 Å². The van der Waals surface area contributed by atoms with Gasteiger partial charge in [0.15, 0.2) is 0 Å². The van der Waals surface area contributed by atoms with Gasteiger partial charge in [0.05, 0.1) is 36.4 Å². The van der Waals surface area contributed by atoms with Crippen molar-refractivity contribution in [3.8, 4) is 11.5 Å². The molecular formula is C23H24ClNO5. The number of amides is 1. The van der Waals surface area contributed by atoms with Gasteiger partial charge in [-0.2, -0.15) is 0 Å². The van der Waals surface area contributed by atoms with Gasteiger partial charge in [0, 0.05) is 12.6 Å². The monoisotopic (exact) mass is 429 g/mol. The second-order valence-corrected chi connectivity index (χ2v) is 7.35. The third-order valence-corrected chi connectivity index (χ3v) is 5.43. The third kappa shape index (κ3) is 3.87. The molecule has 1 saturated heterocycles. The van der Waals surface area contributed by atoms with Crippen molar-refractivity contribution in [3.63, 3.8) is 0 Å². The summed E-state index contributed by atoms with van der Waals surface area (Å²) in [5.41, 5.74) is 0.993. The fraction of sp³-hybridized carbons (Fsp3) is 0.304. The van der Waals surface area contributed by atoms with Crippen molar-refractivity contribution in [3.05, 3.63) is 64.2 Å². The number of rotatable bonds is 7. The van der Waals surface area contributed by atoms with E-state index in [9.17, 15) is 14.7 Å². The van der Waals surface area contributed by atoms with Crippen LogP contribution in [-0.2, 0) is 9.59 Å². The van der Waals surface area contributed by atoms with Gasteiger partial charge in [0.2, 0.25) is 0 Å². The number of carbonyl (C=O) groups excluding carboxylic acids is 2. The second kappa shape index (κ2) is 9.22. The molecule has 1 aliphatic rings. The summed E-state index contributed by atoms with van der Waals surface area (Å²) in [7, 11) is 2.88. The molecule has 1 amide bonds. The van der Waals surface area contributed by atoms with Crippen molar-refractivity contribution in [1.29, 1.82) is 0 Å². The summed E-state index contributed by atoms with van der Waals surface area (Å²) in [6.07, 6.45) is 1.61. The molecule has 0 aliphatic carbocycles. The van der Waals surface area contributed by atoms with E-state index in [1.165, 1.54) is 31.3 Å². The first-order valence-corrected chi connectivity index (χ1v) is 10.1. The average molecular weight is 430 g/mol. The number of Topliss-reactive ketones (excluding diaryl/α,β-unsaturated/α-hetero) is 1. The number of nitrogens with zero attached hydrogens (tertiary/aromatic N) is 1. The molecule has 6 nitrogen and oxygen atoms in total. The molecule has 1 fully saturated rings. The third-order valence-electron chi connectivity index (χ3n) is 5.14. The van der Waals surface area contributed by atoms with E-state index in [1.807, 2.05) is 37.3 Å². The number of unbranched alkanes of at least 4 members (excludes halogenated alkanes) is 1. The van der Waals surface area contributed by atoms with Gasteiger partial charge >= 0.3 is 0 Å². The van der Waals surface area contributed by atoms with Crippen molar-refractivity contribution in [2.45, 2.75) is 25.8 Å². The molecule has 1 heterocycles. The summed E-state index contributed by atoms with van der Waals surface area (Å²) in [5.74, 6) is -1.10. The summed E-state index contributed by atoms with van der Waals surface area (Å²) in [5, 5.41) is 11.5. The van der Waals surface area contributed by atoms with Gasteiger partial charge in [0.1, 0.15) is 17.3 Å². The van der Waals surface area contributed by atoms with Gasteiger partial charge in [-0.15, -0.1) is 0 Å². The van der Waals surface area contributed by atoms with Crippen molar-refractivity contribution < 1.29 is 24.2 Å². The summed E-state index contributed by atoms with van der Waals surface area (Å²) in [6, 6.07) is 11.5. The molecule has 0 saturated carbocycles. The molecule has 0 radical (unpaired) electrons. The zero-order valence-corrected chi connectivity index (χ0v) is 17.9. The van der Waals surface area contributed by atoms with Crippen LogP contribution in [0.3, 0.4) is 0 Å². The van der Waals surface area contributed by atoms with Crippen LogP contribution in [0.1, 0.15) is 36.9 Å². The lowest BCUT2D eigenvalue weighted by atomic mass is 9.95. The number of methoxy groups -OCH3 is 2. The Hall–Kier alpha value is -2.99. The molecule has 0 bridgehead atoms. The van der Waals surface area contributed by atoms with Crippen molar-refractivity contribution in [2.24, 2.45) is 0 Å². The largest absolute Gasteiger partial charge is 0.507 e. The topological polar surface area (TPSA) is 76.1 Å². The van der Waals surface area contributed by atoms with E-state index >= 15 is 0 Å². The maximum absolute atomic E-state index is 13.0. The number of likely N-dealkylation sites (tertiary alicyclic amines) is 1. The van der Waals surface area contributed by atoms with Gasteiger partial charge in [-0.05, 0) is 18.1 Å². The quantitative estimate of drug-likeness (QED) is 0.396. The van der Waals surface area contributed by atoms with E-state index in [-0.39, 0.29) is 22.6 Å². The number of benzene rings is 2. The van der Waals surface area contributed by atoms with Gasteiger partial charge in [0.25, 0.3) is 11.7 Å². The Labute approximate surface area is 180 Å². The summed E-state index contributed by atoms with van der Waals surface area (Å²) >= 11 is 6.17. The summed E-state index contributed by atoms with van der Waals surface area (Å²) < 4.78 is 10.6. The predicted octanol–water partition coefficient (Wildman–Crippen LogP) is 4.58. The first kappa shape index (κ1) is 21.7. The fourth-order valence-electron chi connectivity index (χ4n) is 3.61. The number of aliphatic hydroxyl groups is 1. The molecular weight excluding hydrogens is 406 g/mol. The van der Waals surface area contributed by atoms with Crippen LogP contribution in [-0.4, -0.2) is 42.5 Å². The molecule has 158 valence electrons. The molecule has 2 aromatic rings. The molecule has 1 unspecified atom stereocenters. The highest BCUT2D eigenvalue weighted by atomic mass is 35.5. The number of ether oxygens (including phenoxy) is 2. The Bertz CT molecular complexity index is 987. The first-order valence-electron chi connectivity index (χ1n) is 9.69. The van der Waals surface area contributed by atoms with E-state index in [0.717, 1.165) is 18.4 Å². The fourth-order valence-corrected chi connectivity index (χ4v) is 3.84. The van der Waals surface area contributed by atoms with Crippen molar-refractivity contribution in [2.75, 3.05) is 20.8 Å². The maximum Gasteiger partial charge on any atom is 0.295 e. The molecule has 1 atom stereocenters. The standard InChI is InChI=1S/C23H24ClNO5/c1-4-5-11-25-20(14-9-7-6-8-10-14)19(22(27)23(25)28)21(26)15-12-18(30-3)16(24)13-17(15)29-2/h6-10,12-13,20,26H,4-5,11H2,1-3H3/b21-19+. The molecule has 3 rings (SSSR count). The normalized spacial score (nSPS) is 18.0. The SMILES string of the molecule is CCCCN1C(=O)C(=O)/C(=C(/O)c2cc(OC)c(Cl)cc2OC)C1c1ccccc1. The minimum Gasteiger partial charge on any atom is -0.507 e. The van der Waals surface area contributed by atoms with Crippen molar-refractivity contribution in [1.82, 2.24) is 4.90 Å². The van der Waals surface area contributed by atoms with Gasteiger partial charge < -0.3 is 19.5 Å². The van der Waals surface area contributed by atoms with Crippen LogP contribution in [0.4, 0.5) is 0 Å². The minimum absolute atomic E-state index is 0.0185. The van der Waals surface area contributed by atoms with Crippen LogP contribution < -0.4 is 9.47 Å².